The molecule has 1 saturated heterocycles. The molecule has 0 bridgehead atoms. The van der Waals surface area contributed by atoms with Crippen molar-refractivity contribution in [3.63, 3.8) is 0 Å². The molecule has 106 valence electrons. The maximum absolute atomic E-state index is 11.7. The van der Waals surface area contributed by atoms with Crippen molar-refractivity contribution in [1.29, 1.82) is 0 Å². The summed E-state index contributed by atoms with van der Waals surface area (Å²) < 4.78 is 10.1. The van der Waals surface area contributed by atoms with Crippen LogP contribution in [-0.2, 0) is 20.9 Å². The molecular weight excluding hydrogens is 262 g/mol. The van der Waals surface area contributed by atoms with E-state index >= 15 is 0 Å². The van der Waals surface area contributed by atoms with Crippen molar-refractivity contribution >= 4 is 12.1 Å². The van der Waals surface area contributed by atoms with Crippen LogP contribution in [0.15, 0.2) is 30.3 Å². The lowest BCUT2D eigenvalue weighted by Gasteiger charge is -2.12. The number of esters is 1. The van der Waals surface area contributed by atoms with E-state index in [9.17, 15) is 9.59 Å². The van der Waals surface area contributed by atoms with E-state index in [1.807, 2.05) is 30.3 Å². The van der Waals surface area contributed by atoms with Gasteiger partial charge < -0.3 is 19.9 Å². The van der Waals surface area contributed by atoms with Crippen LogP contribution < -0.4 is 5.32 Å². The van der Waals surface area contributed by atoms with Gasteiger partial charge in [-0.05, 0) is 12.0 Å². The molecule has 2 N–H and O–H groups in total. The number of cyclic esters (lactones) is 1. The van der Waals surface area contributed by atoms with Gasteiger partial charge >= 0.3 is 12.1 Å². The number of fused-ring (bicyclic) bond motifs is 1. The van der Waals surface area contributed by atoms with Crippen LogP contribution in [0.25, 0.3) is 0 Å². The lowest BCUT2D eigenvalue weighted by atomic mass is 10.2. The SMILES string of the molecule is O=C(N[C@]12C[C@H]1[C@@H](CO)OC2=O)OCc1ccccc1. The molecule has 0 unspecified atom stereocenters. The summed E-state index contributed by atoms with van der Waals surface area (Å²) in [5.41, 5.74) is -0.115. The Kier molecular flexibility index (Phi) is 3.10. The van der Waals surface area contributed by atoms with E-state index in [1.54, 1.807) is 0 Å². The predicted molar refractivity (Wildman–Crippen MR) is 67.6 cm³/mol. The van der Waals surface area contributed by atoms with Crippen molar-refractivity contribution in [2.75, 3.05) is 6.61 Å². The molecule has 6 heteroatoms. The zero-order valence-corrected chi connectivity index (χ0v) is 10.7. The van der Waals surface area contributed by atoms with Crippen molar-refractivity contribution in [3.05, 3.63) is 35.9 Å². The highest BCUT2D eigenvalue weighted by Crippen LogP contribution is 2.52. The molecule has 0 spiro atoms. The van der Waals surface area contributed by atoms with Gasteiger partial charge in [-0.15, -0.1) is 0 Å². The van der Waals surface area contributed by atoms with Gasteiger partial charge in [0, 0.05) is 5.92 Å². The maximum Gasteiger partial charge on any atom is 0.408 e. The third-order valence-electron chi connectivity index (χ3n) is 3.80. The molecule has 1 aliphatic heterocycles. The highest BCUT2D eigenvalue weighted by molar-refractivity contribution is 5.92. The Bertz CT molecular complexity index is 532. The number of ether oxygens (including phenoxy) is 2. The minimum absolute atomic E-state index is 0.145. The van der Waals surface area contributed by atoms with E-state index in [-0.39, 0.29) is 19.1 Å². The Morgan fingerprint density at radius 2 is 2.20 bits per heavy atom. The fraction of sp³-hybridized carbons (Fsp3) is 0.429. The van der Waals surface area contributed by atoms with E-state index in [4.69, 9.17) is 14.6 Å². The standard InChI is InChI=1S/C14H15NO5/c16-7-11-10-6-14(10,12(17)20-11)15-13(18)19-8-9-4-2-1-3-5-9/h1-5,10-11,16H,6-8H2,(H,15,18)/t10-,11+,14+/m0/s1. The average molecular weight is 277 g/mol. The number of nitrogens with one attached hydrogen (secondary N) is 1. The Morgan fingerprint density at radius 1 is 1.45 bits per heavy atom. The van der Waals surface area contributed by atoms with Crippen LogP contribution in [0, 0.1) is 5.92 Å². The first-order valence-electron chi connectivity index (χ1n) is 6.46. The zero-order chi connectivity index (χ0) is 14.2. The fourth-order valence-corrected chi connectivity index (χ4v) is 2.60. The van der Waals surface area contributed by atoms with Crippen LogP contribution in [0.5, 0.6) is 0 Å². The third kappa shape index (κ3) is 2.12. The number of amides is 1. The molecule has 1 amide bonds. The van der Waals surface area contributed by atoms with E-state index in [1.165, 1.54) is 0 Å². The number of aliphatic hydroxyl groups excluding tert-OH is 1. The number of benzene rings is 1. The largest absolute Gasteiger partial charge is 0.458 e. The quantitative estimate of drug-likeness (QED) is 0.787. The number of aliphatic hydroxyl groups is 1. The Hall–Kier alpha value is -2.08. The molecule has 20 heavy (non-hydrogen) atoms. The summed E-state index contributed by atoms with van der Waals surface area (Å²) in [6.45, 7) is -0.0786. The lowest BCUT2D eigenvalue weighted by Crippen LogP contribution is -2.43. The van der Waals surface area contributed by atoms with E-state index in [0.29, 0.717) is 6.42 Å². The highest BCUT2D eigenvalue weighted by Gasteiger charge is 2.71. The monoisotopic (exact) mass is 277 g/mol. The molecule has 2 fully saturated rings. The topological polar surface area (TPSA) is 84.9 Å². The first kappa shape index (κ1) is 12.9. The third-order valence-corrected chi connectivity index (χ3v) is 3.80. The van der Waals surface area contributed by atoms with Crippen molar-refractivity contribution in [2.24, 2.45) is 5.92 Å². The minimum Gasteiger partial charge on any atom is -0.458 e. The number of rotatable bonds is 4. The van der Waals surface area contributed by atoms with E-state index < -0.39 is 23.7 Å². The number of alkyl carbamates (subject to hydrolysis) is 1. The molecule has 1 aromatic rings. The molecular formula is C14H15NO5. The second-order valence-electron chi connectivity index (χ2n) is 5.10. The summed E-state index contributed by atoms with van der Waals surface area (Å²) in [5.74, 6) is -0.637. The highest BCUT2D eigenvalue weighted by atomic mass is 16.6. The number of hydrogen-bond donors (Lipinski definition) is 2. The van der Waals surface area contributed by atoms with Gasteiger partial charge in [-0.2, -0.15) is 0 Å². The van der Waals surface area contributed by atoms with Gasteiger partial charge in [0.05, 0.1) is 6.61 Å². The molecule has 1 aliphatic carbocycles. The van der Waals surface area contributed by atoms with Crippen LogP contribution in [0.1, 0.15) is 12.0 Å². The molecule has 0 aromatic heterocycles. The summed E-state index contributed by atoms with van der Waals surface area (Å²) in [6.07, 6.45) is -0.666. The fourth-order valence-electron chi connectivity index (χ4n) is 2.60. The van der Waals surface area contributed by atoms with Gasteiger partial charge in [0.1, 0.15) is 18.2 Å². The number of hydrogen-bond acceptors (Lipinski definition) is 5. The normalized spacial score (nSPS) is 30.4. The van der Waals surface area contributed by atoms with Gasteiger partial charge in [0.25, 0.3) is 0 Å². The Morgan fingerprint density at radius 3 is 2.80 bits per heavy atom. The molecule has 6 nitrogen and oxygen atoms in total. The second-order valence-corrected chi connectivity index (χ2v) is 5.10. The minimum atomic E-state index is -0.985. The maximum atomic E-state index is 11.7. The van der Waals surface area contributed by atoms with Crippen molar-refractivity contribution in [1.82, 2.24) is 5.32 Å². The lowest BCUT2D eigenvalue weighted by molar-refractivity contribution is -0.148. The second kappa shape index (κ2) is 4.79. The van der Waals surface area contributed by atoms with Crippen LogP contribution in [0.3, 0.4) is 0 Å². The van der Waals surface area contributed by atoms with Crippen LogP contribution >= 0.6 is 0 Å². The zero-order valence-electron chi connectivity index (χ0n) is 10.7. The molecule has 1 heterocycles. The van der Waals surface area contributed by atoms with Gasteiger partial charge in [-0.1, -0.05) is 30.3 Å². The number of carbonyl (C=O) groups excluding carboxylic acids is 2. The molecule has 3 atom stereocenters. The van der Waals surface area contributed by atoms with E-state index in [2.05, 4.69) is 5.32 Å². The summed E-state index contributed by atoms with van der Waals surface area (Å²) in [5, 5.41) is 11.6. The Balaban J connectivity index is 1.54. The molecule has 1 aromatic carbocycles. The molecule has 1 saturated carbocycles. The van der Waals surface area contributed by atoms with Gasteiger partial charge in [-0.3, -0.25) is 0 Å². The molecule has 0 radical (unpaired) electrons. The van der Waals surface area contributed by atoms with Gasteiger partial charge in [0.15, 0.2) is 0 Å². The van der Waals surface area contributed by atoms with Crippen LogP contribution in [-0.4, -0.2) is 35.4 Å². The number of carbonyl (C=O) groups is 2. The molecule has 2 aliphatic rings. The van der Waals surface area contributed by atoms with E-state index in [0.717, 1.165) is 5.56 Å². The van der Waals surface area contributed by atoms with Crippen LogP contribution in [0.4, 0.5) is 4.79 Å². The van der Waals surface area contributed by atoms with Crippen molar-refractivity contribution in [3.8, 4) is 0 Å². The van der Waals surface area contributed by atoms with Crippen molar-refractivity contribution in [2.45, 2.75) is 24.7 Å². The summed E-state index contributed by atoms with van der Waals surface area (Å²) >= 11 is 0. The Labute approximate surface area is 115 Å². The average Bonchev–Trinajstić information content (AvgIpc) is 3.12. The van der Waals surface area contributed by atoms with Gasteiger partial charge in [0.2, 0.25) is 0 Å². The smallest absolute Gasteiger partial charge is 0.408 e. The summed E-state index contributed by atoms with van der Waals surface area (Å²) in [6, 6.07) is 9.27. The first-order chi connectivity index (χ1) is 9.65. The summed E-state index contributed by atoms with van der Waals surface area (Å²) in [4.78, 5) is 23.5. The first-order valence-corrected chi connectivity index (χ1v) is 6.46. The molecule has 3 rings (SSSR count). The van der Waals surface area contributed by atoms with Crippen LogP contribution in [0.2, 0.25) is 0 Å². The summed E-state index contributed by atoms with van der Waals surface area (Å²) in [7, 11) is 0. The predicted octanol–water partition coefficient (Wildman–Crippen LogP) is 0.589. The van der Waals surface area contributed by atoms with Crippen molar-refractivity contribution < 1.29 is 24.2 Å². The van der Waals surface area contributed by atoms with Gasteiger partial charge in [-0.25, -0.2) is 9.59 Å².